The molecule has 0 saturated carbocycles. The highest BCUT2D eigenvalue weighted by atomic mass is 79.9. The summed E-state index contributed by atoms with van der Waals surface area (Å²) >= 11 is 3.20. The maximum atomic E-state index is 13.3. The van der Waals surface area contributed by atoms with Gasteiger partial charge in [-0.1, -0.05) is 17.3 Å². The van der Waals surface area contributed by atoms with Crippen LogP contribution in [0.5, 0.6) is 0 Å². The summed E-state index contributed by atoms with van der Waals surface area (Å²) in [6.45, 7) is 0.485. The van der Waals surface area contributed by atoms with Crippen molar-refractivity contribution >= 4 is 15.9 Å². The summed E-state index contributed by atoms with van der Waals surface area (Å²) in [5.74, 6) is -0.293. The molecule has 0 radical (unpaired) electrons. The van der Waals surface area contributed by atoms with Crippen LogP contribution in [0.25, 0.3) is 0 Å². The van der Waals surface area contributed by atoms with E-state index in [0.29, 0.717) is 17.4 Å². The molecule has 1 aromatic carbocycles. The van der Waals surface area contributed by atoms with Crippen LogP contribution < -0.4 is 0 Å². The van der Waals surface area contributed by atoms with Crippen LogP contribution in [0.1, 0.15) is 11.3 Å². The molecule has 0 saturated heterocycles. The second kappa shape index (κ2) is 5.37. The third kappa shape index (κ3) is 2.89. The molecule has 0 aliphatic heterocycles. The molecule has 1 aromatic heterocycles. The molecular formula is C11H11BrFN3O. The van der Waals surface area contributed by atoms with Gasteiger partial charge in [-0.3, -0.25) is 0 Å². The van der Waals surface area contributed by atoms with Gasteiger partial charge in [0.25, 0.3) is 0 Å². The van der Waals surface area contributed by atoms with Crippen molar-refractivity contribution < 1.29 is 9.50 Å². The number of nitrogens with zero attached hydrogens (tertiary/aromatic N) is 3. The molecule has 0 unspecified atom stereocenters. The number of halogens is 2. The molecule has 0 aliphatic carbocycles. The molecule has 1 heterocycles. The van der Waals surface area contributed by atoms with E-state index in [1.165, 1.54) is 6.07 Å². The van der Waals surface area contributed by atoms with Crippen LogP contribution >= 0.6 is 15.9 Å². The predicted molar refractivity (Wildman–Crippen MR) is 64.0 cm³/mol. The lowest BCUT2D eigenvalue weighted by atomic mass is 10.2. The molecule has 0 amide bonds. The first-order valence-corrected chi connectivity index (χ1v) is 5.93. The molecule has 1 N–H and O–H groups in total. The summed E-state index contributed by atoms with van der Waals surface area (Å²) in [6, 6.07) is 4.87. The molecule has 6 heteroatoms. The molecule has 2 aromatic rings. The summed E-state index contributed by atoms with van der Waals surface area (Å²) in [5.41, 5.74) is 1.52. The first kappa shape index (κ1) is 12.2. The average Bonchev–Trinajstić information content (AvgIpc) is 2.73. The van der Waals surface area contributed by atoms with Gasteiger partial charge in [0.15, 0.2) is 0 Å². The summed E-state index contributed by atoms with van der Waals surface area (Å²) < 4.78 is 15.3. The number of aliphatic hydroxyl groups is 1. The molecule has 0 fully saturated rings. The molecule has 0 aliphatic rings. The predicted octanol–water partition coefficient (Wildman–Crippen LogP) is 1.76. The maximum absolute atomic E-state index is 13.3. The van der Waals surface area contributed by atoms with Gasteiger partial charge in [-0.25, -0.2) is 9.07 Å². The summed E-state index contributed by atoms with van der Waals surface area (Å²) in [7, 11) is 0. The third-order valence-corrected chi connectivity index (χ3v) is 3.21. The SMILES string of the molecule is OCCc1cn(Cc2cccc(F)c2Br)nn1. The monoisotopic (exact) mass is 299 g/mol. The van der Waals surface area contributed by atoms with Crippen molar-refractivity contribution in [2.24, 2.45) is 0 Å². The van der Waals surface area contributed by atoms with Crippen molar-refractivity contribution in [3.05, 3.63) is 45.9 Å². The Balaban J connectivity index is 2.16. The largest absolute Gasteiger partial charge is 0.396 e. The van der Waals surface area contributed by atoms with Gasteiger partial charge in [-0.15, -0.1) is 5.10 Å². The lowest BCUT2D eigenvalue weighted by Crippen LogP contribution is -2.02. The van der Waals surface area contributed by atoms with Gasteiger partial charge in [0.2, 0.25) is 0 Å². The quantitative estimate of drug-likeness (QED) is 0.936. The molecular weight excluding hydrogens is 289 g/mol. The maximum Gasteiger partial charge on any atom is 0.137 e. The normalized spacial score (nSPS) is 10.8. The minimum Gasteiger partial charge on any atom is -0.396 e. The van der Waals surface area contributed by atoms with Crippen LogP contribution in [0, 0.1) is 5.82 Å². The average molecular weight is 300 g/mol. The number of hydrogen-bond donors (Lipinski definition) is 1. The van der Waals surface area contributed by atoms with E-state index in [1.54, 1.807) is 16.9 Å². The molecule has 2 rings (SSSR count). The van der Waals surface area contributed by atoms with E-state index in [1.807, 2.05) is 6.07 Å². The van der Waals surface area contributed by atoms with Gasteiger partial charge in [0.05, 0.1) is 16.7 Å². The van der Waals surface area contributed by atoms with E-state index < -0.39 is 0 Å². The lowest BCUT2D eigenvalue weighted by molar-refractivity contribution is 0.298. The Kier molecular flexibility index (Phi) is 3.86. The minimum atomic E-state index is -0.293. The Morgan fingerprint density at radius 2 is 2.24 bits per heavy atom. The second-order valence-corrected chi connectivity index (χ2v) is 4.39. The Morgan fingerprint density at radius 3 is 3.00 bits per heavy atom. The first-order valence-electron chi connectivity index (χ1n) is 5.13. The fraction of sp³-hybridized carbons (Fsp3) is 0.273. The van der Waals surface area contributed by atoms with Gasteiger partial charge in [0.1, 0.15) is 5.82 Å². The first-order chi connectivity index (χ1) is 8.20. The van der Waals surface area contributed by atoms with Gasteiger partial charge >= 0.3 is 0 Å². The van der Waals surface area contributed by atoms with Crippen LogP contribution in [0.15, 0.2) is 28.9 Å². The Labute approximate surface area is 106 Å². The second-order valence-electron chi connectivity index (χ2n) is 3.59. The Bertz CT molecular complexity index is 515. The molecule has 17 heavy (non-hydrogen) atoms. The number of aliphatic hydroxyl groups excluding tert-OH is 1. The third-order valence-electron chi connectivity index (χ3n) is 2.32. The van der Waals surface area contributed by atoms with Gasteiger partial charge < -0.3 is 5.11 Å². The number of rotatable bonds is 4. The Hall–Kier alpha value is -1.27. The fourth-order valence-electron chi connectivity index (χ4n) is 1.49. The van der Waals surface area contributed by atoms with E-state index in [9.17, 15) is 4.39 Å². The van der Waals surface area contributed by atoms with E-state index in [2.05, 4.69) is 26.2 Å². The number of aromatic nitrogens is 3. The zero-order chi connectivity index (χ0) is 12.3. The molecule has 0 bridgehead atoms. The topological polar surface area (TPSA) is 50.9 Å². The fourth-order valence-corrected chi connectivity index (χ4v) is 1.88. The number of hydrogen-bond acceptors (Lipinski definition) is 3. The lowest BCUT2D eigenvalue weighted by Gasteiger charge is -2.04. The van der Waals surface area contributed by atoms with Gasteiger partial charge in [-0.05, 0) is 27.6 Å². The highest BCUT2D eigenvalue weighted by Gasteiger charge is 2.07. The highest BCUT2D eigenvalue weighted by molar-refractivity contribution is 9.10. The van der Waals surface area contributed by atoms with Crippen LogP contribution in [-0.2, 0) is 13.0 Å². The minimum absolute atomic E-state index is 0.0440. The van der Waals surface area contributed by atoms with Crippen molar-refractivity contribution in [1.82, 2.24) is 15.0 Å². The van der Waals surface area contributed by atoms with E-state index in [-0.39, 0.29) is 12.4 Å². The molecule has 0 atom stereocenters. The van der Waals surface area contributed by atoms with Crippen molar-refractivity contribution in [2.75, 3.05) is 6.61 Å². The van der Waals surface area contributed by atoms with E-state index in [0.717, 1.165) is 11.3 Å². The molecule has 90 valence electrons. The molecule has 0 spiro atoms. The zero-order valence-electron chi connectivity index (χ0n) is 8.98. The Morgan fingerprint density at radius 1 is 1.41 bits per heavy atom. The van der Waals surface area contributed by atoms with Crippen molar-refractivity contribution in [3.63, 3.8) is 0 Å². The number of benzene rings is 1. The van der Waals surface area contributed by atoms with Gasteiger partial charge in [0, 0.05) is 19.2 Å². The van der Waals surface area contributed by atoms with E-state index >= 15 is 0 Å². The van der Waals surface area contributed by atoms with Crippen LogP contribution in [-0.4, -0.2) is 26.7 Å². The zero-order valence-corrected chi connectivity index (χ0v) is 10.6. The summed E-state index contributed by atoms with van der Waals surface area (Å²) in [6.07, 6.45) is 2.22. The van der Waals surface area contributed by atoms with Gasteiger partial charge in [-0.2, -0.15) is 0 Å². The van der Waals surface area contributed by atoms with E-state index in [4.69, 9.17) is 5.11 Å². The van der Waals surface area contributed by atoms with Crippen molar-refractivity contribution in [1.29, 1.82) is 0 Å². The smallest absolute Gasteiger partial charge is 0.137 e. The van der Waals surface area contributed by atoms with Crippen molar-refractivity contribution in [3.8, 4) is 0 Å². The summed E-state index contributed by atoms with van der Waals surface area (Å²) in [5, 5.41) is 16.6. The summed E-state index contributed by atoms with van der Waals surface area (Å²) in [4.78, 5) is 0. The van der Waals surface area contributed by atoms with Crippen LogP contribution in [0.3, 0.4) is 0 Å². The van der Waals surface area contributed by atoms with Crippen molar-refractivity contribution in [2.45, 2.75) is 13.0 Å². The highest BCUT2D eigenvalue weighted by Crippen LogP contribution is 2.20. The van der Waals surface area contributed by atoms with Crippen LogP contribution in [0.4, 0.5) is 4.39 Å². The molecule has 4 nitrogen and oxygen atoms in total. The van der Waals surface area contributed by atoms with Crippen LogP contribution in [0.2, 0.25) is 0 Å². The standard InChI is InChI=1S/C11H11BrFN3O/c12-11-8(2-1-3-10(11)13)6-16-7-9(4-5-17)14-15-16/h1-3,7,17H,4-6H2.